The minimum Gasteiger partial charge on any atom is -0.355 e. The molecule has 0 saturated heterocycles. The van der Waals surface area contributed by atoms with Crippen LogP contribution in [0.15, 0.2) is 22.7 Å². The molecule has 0 aromatic carbocycles. The molecule has 0 bridgehead atoms. The van der Waals surface area contributed by atoms with E-state index in [0.717, 1.165) is 4.88 Å². The minimum absolute atomic E-state index is 0.0595. The molecule has 7 heteroatoms. The Morgan fingerprint density at radius 2 is 2.27 bits per heavy atom. The Morgan fingerprint density at radius 1 is 1.53 bits per heavy atom. The SMILES string of the molecule is O[C@@]1(C(Cl)(Cl)Cl)CC(c2cccs2)=NO1. The Hall–Kier alpha value is -0.000000000000000222. The van der Waals surface area contributed by atoms with Crippen LogP contribution in [-0.2, 0) is 4.84 Å². The van der Waals surface area contributed by atoms with Gasteiger partial charge in [-0.3, -0.25) is 0 Å². The van der Waals surface area contributed by atoms with E-state index < -0.39 is 9.58 Å². The molecular weight excluding hydrogens is 281 g/mol. The number of halogens is 3. The second-order valence-electron chi connectivity index (χ2n) is 3.07. The molecule has 0 radical (unpaired) electrons. The molecule has 2 rings (SSSR count). The molecule has 1 atom stereocenters. The maximum atomic E-state index is 9.87. The van der Waals surface area contributed by atoms with Crippen LogP contribution in [0.2, 0.25) is 0 Å². The number of thiophene rings is 1. The van der Waals surface area contributed by atoms with E-state index in [1.54, 1.807) is 0 Å². The minimum atomic E-state index is -1.92. The first-order chi connectivity index (χ1) is 6.92. The third-order valence-corrected chi connectivity index (χ3v) is 3.77. The summed E-state index contributed by atoms with van der Waals surface area (Å²) in [6, 6.07) is 3.73. The average Bonchev–Trinajstić information content (AvgIpc) is 2.70. The molecule has 3 nitrogen and oxygen atoms in total. The van der Waals surface area contributed by atoms with Crippen LogP contribution in [0.1, 0.15) is 11.3 Å². The van der Waals surface area contributed by atoms with Crippen molar-refractivity contribution in [2.24, 2.45) is 5.16 Å². The number of nitrogens with zero attached hydrogens (tertiary/aromatic N) is 1. The summed E-state index contributed by atoms with van der Waals surface area (Å²) >= 11 is 18.3. The number of alkyl halides is 3. The highest BCUT2D eigenvalue weighted by molar-refractivity contribution is 7.12. The predicted molar refractivity (Wildman–Crippen MR) is 61.8 cm³/mol. The molecule has 0 unspecified atom stereocenters. The zero-order valence-electron chi connectivity index (χ0n) is 7.28. The molecule has 82 valence electrons. The van der Waals surface area contributed by atoms with Crippen LogP contribution in [0.25, 0.3) is 0 Å². The van der Waals surface area contributed by atoms with Crippen LogP contribution < -0.4 is 0 Å². The van der Waals surface area contributed by atoms with Crippen LogP contribution in [-0.4, -0.2) is 20.4 Å². The number of aliphatic hydroxyl groups is 1. The van der Waals surface area contributed by atoms with Gasteiger partial charge in [0.25, 0.3) is 9.58 Å². The number of hydrogen-bond donors (Lipinski definition) is 1. The van der Waals surface area contributed by atoms with Gasteiger partial charge in [0, 0.05) is 0 Å². The lowest BCUT2D eigenvalue weighted by Crippen LogP contribution is -2.42. The molecule has 1 aliphatic heterocycles. The summed E-state index contributed by atoms with van der Waals surface area (Å²) in [5.74, 6) is -1.88. The van der Waals surface area contributed by atoms with E-state index in [9.17, 15) is 5.11 Å². The highest BCUT2D eigenvalue weighted by Gasteiger charge is 2.54. The molecule has 1 N–H and O–H groups in total. The monoisotopic (exact) mass is 285 g/mol. The second kappa shape index (κ2) is 3.79. The lowest BCUT2D eigenvalue weighted by molar-refractivity contribution is -0.181. The van der Waals surface area contributed by atoms with Crippen LogP contribution in [0.5, 0.6) is 0 Å². The van der Waals surface area contributed by atoms with Gasteiger partial charge in [0.05, 0.1) is 11.3 Å². The lowest BCUT2D eigenvalue weighted by atomic mass is 10.1. The molecule has 0 spiro atoms. The number of rotatable bonds is 1. The summed E-state index contributed by atoms with van der Waals surface area (Å²) in [7, 11) is 0. The second-order valence-corrected chi connectivity index (χ2v) is 6.29. The van der Waals surface area contributed by atoms with Crippen molar-refractivity contribution in [1.29, 1.82) is 0 Å². The normalized spacial score (nSPS) is 26.3. The Kier molecular flexibility index (Phi) is 2.90. The van der Waals surface area contributed by atoms with E-state index in [1.807, 2.05) is 17.5 Å². The van der Waals surface area contributed by atoms with Crippen LogP contribution in [0.3, 0.4) is 0 Å². The van der Waals surface area contributed by atoms with Crippen molar-refractivity contribution >= 4 is 51.9 Å². The van der Waals surface area contributed by atoms with Crippen molar-refractivity contribution in [3.8, 4) is 0 Å². The van der Waals surface area contributed by atoms with Crippen molar-refractivity contribution in [3.63, 3.8) is 0 Å². The van der Waals surface area contributed by atoms with Crippen LogP contribution >= 0.6 is 46.1 Å². The molecule has 0 aliphatic carbocycles. The first kappa shape index (κ1) is 11.5. The van der Waals surface area contributed by atoms with Gasteiger partial charge in [0.1, 0.15) is 5.71 Å². The average molecular weight is 287 g/mol. The molecule has 1 aliphatic rings. The van der Waals surface area contributed by atoms with Gasteiger partial charge in [-0.2, -0.15) is 0 Å². The topological polar surface area (TPSA) is 41.8 Å². The van der Waals surface area contributed by atoms with Gasteiger partial charge in [0.15, 0.2) is 0 Å². The Bertz CT molecular complexity index is 387. The fraction of sp³-hybridized carbons (Fsp3) is 0.375. The highest BCUT2D eigenvalue weighted by Crippen LogP contribution is 2.44. The summed E-state index contributed by atoms with van der Waals surface area (Å²) in [6.07, 6.45) is 0.0595. The standard InChI is InChI=1S/C8H6Cl3NO2S/c9-8(10,11)7(13)4-5(12-14-7)6-2-1-3-15-6/h1-3,13H,4H2/t7-/m0/s1. The van der Waals surface area contributed by atoms with E-state index in [-0.39, 0.29) is 6.42 Å². The Morgan fingerprint density at radius 3 is 2.73 bits per heavy atom. The molecule has 1 aromatic heterocycles. The van der Waals surface area contributed by atoms with Crippen LogP contribution in [0.4, 0.5) is 0 Å². The summed E-state index contributed by atoms with van der Waals surface area (Å²) in [5.41, 5.74) is 0.582. The zero-order valence-corrected chi connectivity index (χ0v) is 10.4. The van der Waals surface area contributed by atoms with Gasteiger partial charge in [0.2, 0.25) is 0 Å². The summed E-state index contributed by atoms with van der Waals surface area (Å²) in [6.45, 7) is 0. The fourth-order valence-corrected chi connectivity index (χ4v) is 2.16. The smallest absolute Gasteiger partial charge is 0.287 e. The van der Waals surface area contributed by atoms with E-state index in [4.69, 9.17) is 39.6 Å². The molecule has 1 aromatic rings. The van der Waals surface area contributed by atoms with E-state index in [1.165, 1.54) is 11.3 Å². The van der Waals surface area contributed by atoms with Crippen LogP contribution in [0, 0.1) is 0 Å². The third-order valence-electron chi connectivity index (χ3n) is 1.96. The van der Waals surface area contributed by atoms with Gasteiger partial charge >= 0.3 is 0 Å². The number of oxime groups is 1. The largest absolute Gasteiger partial charge is 0.355 e. The summed E-state index contributed by atoms with van der Waals surface area (Å²) in [5, 5.41) is 15.5. The Balaban J connectivity index is 2.18. The molecule has 0 amide bonds. The zero-order chi connectivity index (χ0) is 11.1. The molecule has 0 fully saturated rings. The van der Waals surface area contributed by atoms with Crippen molar-refractivity contribution < 1.29 is 9.94 Å². The third kappa shape index (κ3) is 2.10. The maximum Gasteiger partial charge on any atom is 0.287 e. The molecular formula is C8H6Cl3NO2S. The van der Waals surface area contributed by atoms with E-state index in [0.29, 0.717) is 5.71 Å². The van der Waals surface area contributed by atoms with Gasteiger partial charge in [-0.05, 0) is 11.4 Å². The molecule has 2 heterocycles. The van der Waals surface area contributed by atoms with E-state index >= 15 is 0 Å². The first-order valence-electron chi connectivity index (χ1n) is 4.00. The van der Waals surface area contributed by atoms with Crippen molar-refractivity contribution in [2.75, 3.05) is 0 Å². The number of hydrogen-bond acceptors (Lipinski definition) is 4. The lowest BCUT2D eigenvalue weighted by Gasteiger charge is -2.26. The highest BCUT2D eigenvalue weighted by atomic mass is 35.6. The van der Waals surface area contributed by atoms with Gasteiger partial charge in [-0.1, -0.05) is 46.0 Å². The molecule has 0 saturated carbocycles. The van der Waals surface area contributed by atoms with Crippen molar-refractivity contribution in [1.82, 2.24) is 0 Å². The quantitative estimate of drug-likeness (QED) is 0.807. The van der Waals surface area contributed by atoms with Gasteiger partial charge < -0.3 is 9.94 Å². The molecule has 15 heavy (non-hydrogen) atoms. The summed E-state index contributed by atoms with van der Waals surface area (Å²) in [4.78, 5) is 5.68. The summed E-state index contributed by atoms with van der Waals surface area (Å²) < 4.78 is -1.92. The maximum absolute atomic E-state index is 9.87. The Labute approximate surface area is 105 Å². The van der Waals surface area contributed by atoms with Gasteiger partial charge in [-0.25, -0.2) is 0 Å². The first-order valence-corrected chi connectivity index (χ1v) is 6.02. The van der Waals surface area contributed by atoms with E-state index in [2.05, 4.69) is 5.16 Å². The van der Waals surface area contributed by atoms with Gasteiger partial charge in [-0.15, -0.1) is 11.3 Å². The van der Waals surface area contributed by atoms with Crippen molar-refractivity contribution in [2.45, 2.75) is 16.0 Å². The predicted octanol–water partition coefficient (Wildman–Crippen LogP) is 2.93. The fourth-order valence-electron chi connectivity index (χ4n) is 1.15. The van der Waals surface area contributed by atoms with Crippen molar-refractivity contribution in [3.05, 3.63) is 22.4 Å².